The molecule has 4 aromatic rings. The second-order valence-electron chi connectivity index (χ2n) is 9.85. The second-order valence-corrected chi connectivity index (χ2v) is 9.85. The van der Waals surface area contributed by atoms with E-state index in [0.717, 1.165) is 16.8 Å². The van der Waals surface area contributed by atoms with Crippen molar-refractivity contribution in [3.8, 4) is 11.1 Å². The molecule has 32 heavy (non-hydrogen) atoms. The number of fused-ring (bicyclic) bond motifs is 2. The summed E-state index contributed by atoms with van der Waals surface area (Å²) in [6.45, 7) is 9.23. The van der Waals surface area contributed by atoms with Gasteiger partial charge < -0.3 is 5.32 Å². The first-order valence-electron chi connectivity index (χ1n) is 11.3. The van der Waals surface area contributed by atoms with Gasteiger partial charge in [-0.3, -0.25) is 0 Å². The molecular weight excluding hydrogens is 385 g/mol. The minimum atomic E-state index is -0.0945. The Morgan fingerprint density at radius 2 is 1.06 bits per heavy atom. The van der Waals surface area contributed by atoms with Crippen molar-refractivity contribution in [3.63, 3.8) is 0 Å². The lowest BCUT2D eigenvalue weighted by Gasteiger charge is -2.44. The van der Waals surface area contributed by atoms with Crippen molar-refractivity contribution in [1.29, 1.82) is 0 Å². The molecule has 0 amide bonds. The van der Waals surface area contributed by atoms with Gasteiger partial charge in [0.1, 0.15) is 7.85 Å². The van der Waals surface area contributed by atoms with Crippen LogP contribution in [-0.4, -0.2) is 7.85 Å². The first kappa shape index (κ1) is 20.6. The molecule has 1 nitrogen and oxygen atoms in total. The minimum absolute atomic E-state index is 0.0918. The summed E-state index contributed by atoms with van der Waals surface area (Å²) in [5.74, 6) is 0. The maximum Gasteiger partial charge on any atom is 0.116 e. The topological polar surface area (TPSA) is 12.0 Å². The third-order valence-electron chi connectivity index (χ3n) is 7.08. The predicted octanol–water partition coefficient (Wildman–Crippen LogP) is 6.86. The van der Waals surface area contributed by atoms with Crippen LogP contribution >= 0.6 is 0 Å². The smallest absolute Gasteiger partial charge is 0.116 e. The Morgan fingerprint density at radius 3 is 1.66 bits per heavy atom. The highest BCUT2D eigenvalue weighted by molar-refractivity contribution is 6.36. The van der Waals surface area contributed by atoms with Crippen molar-refractivity contribution < 1.29 is 0 Å². The van der Waals surface area contributed by atoms with Crippen LogP contribution in [0.3, 0.4) is 0 Å². The Balaban J connectivity index is 1.53. The van der Waals surface area contributed by atoms with E-state index in [9.17, 15) is 0 Å². The summed E-state index contributed by atoms with van der Waals surface area (Å²) in [5.41, 5.74) is 10.4. The van der Waals surface area contributed by atoms with Crippen LogP contribution in [0.1, 0.15) is 49.9 Å². The van der Waals surface area contributed by atoms with Gasteiger partial charge in [0.25, 0.3) is 0 Å². The van der Waals surface area contributed by atoms with Gasteiger partial charge >= 0.3 is 0 Å². The summed E-state index contributed by atoms with van der Waals surface area (Å²) in [5, 5.41) is 3.57. The number of hydrogen-bond donors (Lipinski definition) is 1. The van der Waals surface area contributed by atoms with Crippen LogP contribution in [0.15, 0.2) is 91.0 Å². The van der Waals surface area contributed by atoms with Gasteiger partial charge in [0.05, 0.1) is 0 Å². The number of nitrogens with one attached hydrogen (secondary N) is 1. The quantitative estimate of drug-likeness (QED) is 0.362. The largest absolute Gasteiger partial charge is 0.356 e. The maximum absolute atomic E-state index is 6.58. The Labute approximate surface area is 192 Å². The Bertz CT molecular complexity index is 1280. The van der Waals surface area contributed by atoms with Crippen molar-refractivity contribution in [2.75, 3.05) is 5.32 Å². The molecule has 1 N–H and O–H groups in total. The molecule has 0 bridgehead atoms. The third kappa shape index (κ3) is 3.26. The first-order chi connectivity index (χ1) is 15.3. The van der Waals surface area contributed by atoms with Gasteiger partial charge in [-0.25, -0.2) is 0 Å². The van der Waals surface area contributed by atoms with Gasteiger partial charge in [0.2, 0.25) is 0 Å². The highest BCUT2D eigenvalue weighted by Gasteiger charge is 2.41. The number of benzene rings is 4. The highest BCUT2D eigenvalue weighted by atomic mass is 14.9. The van der Waals surface area contributed by atoms with Gasteiger partial charge in [-0.2, -0.15) is 0 Å². The van der Waals surface area contributed by atoms with Crippen LogP contribution in [0.25, 0.3) is 11.1 Å². The summed E-state index contributed by atoms with van der Waals surface area (Å²) in [7, 11) is 6.58. The van der Waals surface area contributed by atoms with E-state index in [1.807, 2.05) is 6.07 Å². The average molecular weight is 413 g/mol. The van der Waals surface area contributed by atoms with E-state index in [-0.39, 0.29) is 10.8 Å². The van der Waals surface area contributed by atoms with Gasteiger partial charge in [-0.1, -0.05) is 106 Å². The monoisotopic (exact) mass is 413 g/mol. The van der Waals surface area contributed by atoms with Crippen LogP contribution in [-0.2, 0) is 10.8 Å². The zero-order valence-electron chi connectivity index (χ0n) is 19.2. The van der Waals surface area contributed by atoms with E-state index < -0.39 is 0 Å². The van der Waals surface area contributed by atoms with Crippen molar-refractivity contribution in [3.05, 3.63) is 113 Å². The molecule has 0 aliphatic heterocycles. The number of hydrogen-bond acceptors (Lipinski definition) is 1. The summed E-state index contributed by atoms with van der Waals surface area (Å²) in [4.78, 5) is 0. The van der Waals surface area contributed by atoms with Crippen LogP contribution < -0.4 is 10.8 Å². The summed E-state index contributed by atoms with van der Waals surface area (Å²) in [6.07, 6.45) is 0. The highest BCUT2D eigenvalue weighted by Crippen LogP contribution is 2.49. The average Bonchev–Trinajstić information content (AvgIpc) is 2.80. The van der Waals surface area contributed by atoms with E-state index in [4.69, 9.17) is 7.85 Å². The van der Waals surface area contributed by atoms with Crippen molar-refractivity contribution in [2.45, 2.75) is 38.5 Å². The SMILES string of the molecule is [B]c1cc2c(cc1Nc1ccc(-c3ccccc3)cc1)C(C)(C)c1ccccc1C2(C)C. The molecule has 0 saturated carbocycles. The molecule has 5 rings (SSSR count). The van der Waals surface area contributed by atoms with Gasteiger partial charge in [0, 0.05) is 22.2 Å². The maximum atomic E-state index is 6.58. The molecule has 0 fully saturated rings. The Kier molecular flexibility index (Phi) is 4.78. The molecule has 2 radical (unpaired) electrons. The third-order valence-corrected chi connectivity index (χ3v) is 7.08. The Hall–Kier alpha value is -3.26. The molecule has 156 valence electrons. The van der Waals surface area contributed by atoms with Gasteiger partial charge in [0.15, 0.2) is 0 Å². The van der Waals surface area contributed by atoms with E-state index >= 15 is 0 Å². The molecule has 0 unspecified atom stereocenters. The second kappa shape index (κ2) is 7.41. The zero-order chi connectivity index (χ0) is 22.5. The van der Waals surface area contributed by atoms with Crippen molar-refractivity contribution >= 4 is 24.7 Å². The minimum Gasteiger partial charge on any atom is -0.356 e. The first-order valence-corrected chi connectivity index (χ1v) is 11.3. The summed E-state index contributed by atoms with van der Waals surface area (Å²) in [6, 6.07) is 32.2. The van der Waals surface area contributed by atoms with Crippen LogP contribution in [0, 0.1) is 0 Å². The molecule has 2 heteroatoms. The molecule has 0 spiro atoms. The molecule has 1 aliphatic rings. The lowest BCUT2D eigenvalue weighted by molar-refractivity contribution is 0.521. The van der Waals surface area contributed by atoms with Gasteiger partial charge in [-0.05, 0) is 51.6 Å². The van der Waals surface area contributed by atoms with Crippen LogP contribution in [0.4, 0.5) is 11.4 Å². The fraction of sp³-hybridized carbons (Fsp3) is 0.200. The van der Waals surface area contributed by atoms with E-state index in [2.05, 4.69) is 118 Å². The van der Waals surface area contributed by atoms with Crippen molar-refractivity contribution in [2.24, 2.45) is 0 Å². The van der Waals surface area contributed by atoms with Crippen LogP contribution in [0.5, 0.6) is 0 Å². The lowest BCUT2D eigenvalue weighted by Crippen LogP contribution is -2.37. The standard InChI is InChI=1S/C30H28BN/c1-29(2)23-12-8-9-13-24(23)30(3,4)26-19-28(27(31)18-25(26)29)32-22-16-14-21(15-17-22)20-10-6-5-7-11-20/h5-19,32H,1-4H3. The fourth-order valence-electron chi connectivity index (χ4n) is 5.15. The molecular formula is C30H28BN. The zero-order valence-corrected chi connectivity index (χ0v) is 19.2. The predicted molar refractivity (Wildman–Crippen MR) is 138 cm³/mol. The number of rotatable bonds is 3. The van der Waals surface area contributed by atoms with E-state index in [0.29, 0.717) is 0 Å². The van der Waals surface area contributed by atoms with E-state index in [1.165, 1.54) is 33.4 Å². The molecule has 0 atom stereocenters. The Morgan fingerprint density at radius 1 is 0.562 bits per heavy atom. The summed E-state index contributed by atoms with van der Waals surface area (Å²) >= 11 is 0. The van der Waals surface area contributed by atoms with Crippen LogP contribution in [0.2, 0.25) is 0 Å². The van der Waals surface area contributed by atoms with E-state index in [1.54, 1.807) is 0 Å². The normalized spacial score (nSPS) is 15.5. The summed E-state index contributed by atoms with van der Waals surface area (Å²) < 4.78 is 0. The van der Waals surface area contributed by atoms with Crippen molar-refractivity contribution in [1.82, 2.24) is 0 Å². The number of anilines is 2. The molecule has 1 aliphatic carbocycles. The molecule has 0 heterocycles. The molecule has 0 saturated heterocycles. The molecule has 4 aromatic carbocycles. The van der Waals surface area contributed by atoms with Gasteiger partial charge in [-0.15, -0.1) is 0 Å². The molecule has 0 aromatic heterocycles. The lowest BCUT2D eigenvalue weighted by atomic mass is 9.59. The fourth-order valence-corrected chi connectivity index (χ4v) is 5.15.